The number of aromatic nitrogens is 2. The second kappa shape index (κ2) is 3.83. The van der Waals surface area contributed by atoms with Gasteiger partial charge in [-0.15, -0.1) is 0 Å². The molecule has 0 bridgehead atoms. The number of hydrogen-bond acceptors (Lipinski definition) is 0. The van der Waals surface area contributed by atoms with Crippen molar-refractivity contribution >= 4 is 38.1 Å². The van der Waals surface area contributed by atoms with E-state index in [1.165, 1.54) is 38.1 Å². The molecule has 5 rings (SSSR count). The molecule has 0 atom stereocenters. The highest BCUT2D eigenvalue weighted by Gasteiger charge is 2.15. The molecular formula is C19H13N2+. The maximum Gasteiger partial charge on any atom is 0.242 e. The van der Waals surface area contributed by atoms with Crippen LogP contribution in [0.3, 0.4) is 0 Å². The molecule has 0 saturated carbocycles. The van der Waals surface area contributed by atoms with Gasteiger partial charge in [0.05, 0.1) is 5.39 Å². The second-order valence-corrected chi connectivity index (χ2v) is 5.43. The smallest absolute Gasteiger partial charge is 0.242 e. The van der Waals surface area contributed by atoms with Gasteiger partial charge in [-0.3, -0.25) is 0 Å². The Bertz CT molecular complexity index is 1140. The number of rotatable bonds is 0. The molecular weight excluding hydrogens is 256 g/mol. The third-order valence-corrected chi connectivity index (χ3v) is 4.27. The van der Waals surface area contributed by atoms with Crippen molar-refractivity contribution in [2.24, 2.45) is 0 Å². The quantitative estimate of drug-likeness (QED) is 0.321. The highest BCUT2D eigenvalue weighted by atomic mass is 14.9. The first-order valence-electron chi connectivity index (χ1n) is 7.14. The SMILES string of the molecule is c1ccc2c(c1)cc[n+]1ccc3c4ccccc4[nH]c3c21. The maximum absolute atomic E-state index is 3.59. The molecule has 3 aromatic heterocycles. The fourth-order valence-electron chi connectivity index (χ4n) is 3.30. The summed E-state index contributed by atoms with van der Waals surface area (Å²) in [4.78, 5) is 3.59. The molecule has 0 aliphatic carbocycles. The molecule has 21 heavy (non-hydrogen) atoms. The Kier molecular flexibility index (Phi) is 1.98. The number of benzene rings is 2. The first-order valence-corrected chi connectivity index (χ1v) is 7.14. The van der Waals surface area contributed by atoms with Crippen molar-refractivity contribution in [3.05, 3.63) is 73.1 Å². The van der Waals surface area contributed by atoms with Gasteiger partial charge in [0, 0.05) is 28.4 Å². The summed E-state index contributed by atoms with van der Waals surface area (Å²) in [5, 5.41) is 5.10. The van der Waals surface area contributed by atoms with Crippen molar-refractivity contribution in [2.45, 2.75) is 0 Å². The lowest BCUT2D eigenvalue weighted by Crippen LogP contribution is -2.20. The van der Waals surface area contributed by atoms with Crippen LogP contribution in [-0.2, 0) is 0 Å². The lowest BCUT2D eigenvalue weighted by atomic mass is 10.1. The molecule has 0 aliphatic rings. The molecule has 5 aromatic rings. The molecule has 0 spiro atoms. The summed E-state index contributed by atoms with van der Waals surface area (Å²) in [6.07, 6.45) is 4.27. The normalized spacial score (nSPS) is 11.8. The number of pyridine rings is 2. The van der Waals surface area contributed by atoms with E-state index in [0.29, 0.717) is 0 Å². The average Bonchev–Trinajstić information content (AvgIpc) is 2.93. The molecule has 0 saturated heterocycles. The lowest BCUT2D eigenvalue weighted by molar-refractivity contribution is -0.509. The second-order valence-electron chi connectivity index (χ2n) is 5.43. The maximum atomic E-state index is 3.59. The summed E-state index contributed by atoms with van der Waals surface area (Å²) < 4.78 is 2.19. The van der Waals surface area contributed by atoms with Crippen molar-refractivity contribution in [3.8, 4) is 0 Å². The molecule has 0 unspecified atom stereocenters. The summed E-state index contributed by atoms with van der Waals surface area (Å²) in [6.45, 7) is 0. The third kappa shape index (κ3) is 1.39. The van der Waals surface area contributed by atoms with Gasteiger partial charge >= 0.3 is 0 Å². The van der Waals surface area contributed by atoms with Crippen LogP contribution in [0.2, 0.25) is 0 Å². The number of hydrogen-bond donors (Lipinski definition) is 1. The van der Waals surface area contributed by atoms with Gasteiger partial charge in [-0.25, -0.2) is 0 Å². The molecule has 3 heterocycles. The van der Waals surface area contributed by atoms with Crippen LogP contribution < -0.4 is 4.40 Å². The minimum Gasteiger partial charge on any atom is -0.349 e. The molecule has 2 nitrogen and oxygen atoms in total. The Balaban J connectivity index is 2.14. The van der Waals surface area contributed by atoms with Crippen molar-refractivity contribution < 1.29 is 4.40 Å². The number of fused-ring (bicyclic) bond motifs is 7. The van der Waals surface area contributed by atoms with Gasteiger partial charge in [0.25, 0.3) is 0 Å². The lowest BCUT2D eigenvalue weighted by Gasteiger charge is -1.99. The molecule has 2 aromatic carbocycles. The Morgan fingerprint density at radius 2 is 1.43 bits per heavy atom. The van der Waals surface area contributed by atoms with Crippen molar-refractivity contribution in [2.75, 3.05) is 0 Å². The molecule has 0 aliphatic heterocycles. The summed E-state index contributed by atoms with van der Waals surface area (Å²) in [5.41, 5.74) is 3.63. The zero-order valence-electron chi connectivity index (χ0n) is 11.4. The molecule has 0 amide bonds. The van der Waals surface area contributed by atoms with Crippen LogP contribution in [0.1, 0.15) is 0 Å². The number of nitrogens with one attached hydrogen (secondary N) is 1. The first-order chi connectivity index (χ1) is 10.4. The van der Waals surface area contributed by atoms with Crippen molar-refractivity contribution in [1.29, 1.82) is 0 Å². The predicted octanol–water partition coefficient (Wildman–Crippen LogP) is 4.21. The van der Waals surface area contributed by atoms with Gasteiger partial charge in [0.15, 0.2) is 12.4 Å². The molecule has 2 heteroatoms. The fourth-order valence-corrected chi connectivity index (χ4v) is 3.30. The van der Waals surface area contributed by atoms with Gasteiger partial charge in [0.1, 0.15) is 5.52 Å². The van der Waals surface area contributed by atoms with E-state index < -0.39 is 0 Å². The Labute approximate surface area is 121 Å². The van der Waals surface area contributed by atoms with Crippen LogP contribution in [0.4, 0.5) is 0 Å². The van der Waals surface area contributed by atoms with Gasteiger partial charge in [-0.2, -0.15) is 4.40 Å². The number of aromatic amines is 1. The van der Waals surface area contributed by atoms with E-state index >= 15 is 0 Å². The standard InChI is InChI=1S/C19H12N2/c1-2-6-14-13(5-1)9-11-21-12-10-16-15-7-3-4-8-17(15)20-18(16)19(14)21/h1-12H/p+1. The number of nitrogens with zero attached hydrogens (tertiary/aromatic N) is 1. The predicted molar refractivity (Wildman–Crippen MR) is 86.5 cm³/mol. The van der Waals surface area contributed by atoms with Crippen LogP contribution in [0.15, 0.2) is 73.1 Å². The van der Waals surface area contributed by atoms with E-state index in [4.69, 9.17) is 0 Å². The van der Waals surface area contributed by atoms with Crippen LogP contribution in [0.5, 0.6) is 0 Å². The summed E-state index contributed by atoms with van der Waals surface area (Å²) in [7, 11) is 0. The summed E-state index contributed by atoms with van der Waals surface area (Å²) >= 11 is 0. The topological polar surface area (TPSA) is 19.9 Å². The third-order valence-electron chi connectivity index (χ3n) is 4.27. The van der Waals surface area contributed by atoms with Crippen LogP contribution in [0, 0.1) is 0 Å². The van der Waals surface area contributed by atoms with Gasteiger partial charge in [-0.05, 0) is 17.5 Å². The molecule has 0 fully saturated rings. The van der Waals surface area contributed by atoms with E-state index in [2.05, 4.69) is 82.4 Å². The zero-order chi connectivity index (χ0) is 13.8. The number of para-hydroxylation sites is 1. The molecule has 98 valence electrons. The molecule has 0 radical (unpaired) electrons. The Morgan fingerprint density at radius 3 is 2.38 bits per heavy atom. The van der Waals surface area contributed by atoms with Gasteiger partial charge in [-0.1, -0.05) is 36.4 Å². The van der Waals surface area contributed by atoms with Crippen LogP contribution in [-0.4, -0.2) is 4.98 Å². The van der Waals surface area contributed by atoms with E-state index in [9.17, 15) is 0 Å². The Morgan fingerprint density at radius 1 is 0.667 bits per heavy atom. The van der Waals surface area contributed by atoms with Crippen LogP contribution in [0.25, 0.3) is 38.1 Å². The number of H-pyrrole nitrogens is 1. The highest BCUT2D eigenvalue weighted by Crippen LogP contribution is 2.29. The minimum absolute atomic E-state index is 1.19. The molecule has 1 N–H and O–H groups in total. The van der Waals surface area contributed by atoms with Crippen LogP contribution >= 0.6 is 0 Å². The largest absolute Gasteiger partial charge is 0.349 e. The zero-order valence-corrected chi connectivity index (χ0v) is 11.4. The minimum atomic E-state index is 1.19. The monoisotopic (exact) mass is 269 g/mol. The fraction of sp³-hybridized carbons (Fsp3) is 0. The summed E-state index contributed by atoms with van der Waals surface area (Å²) in [6, 6.07) is 21.4. The van der Waals surface area contributed by atoms with Gasteiger partial charge < -0.3 is 4.98 Å². The van der Waals surface area contributed by atoms with E-state index in [0.717, 1.165) is 0 Å². The first kappa shape index (κ1) is 10.9. The van der Waals surface area contributed by atoms with E-state index in [1.54, 1.807) is 0 Å². The van der Waals surface area contributed by atoms with Crippen molar-refractivity contribution in [3.63, 3.8) is 0 Å². The highest BCUT2D eigenvalue weighted by molar-refractivity contribution is 6.15. The van der Waals surface area contributed by atoms with E-state index in [1.807, 2.05) is 0 Å². The van der Waals surface area contributed by atoms with E-state index in [-0.39, 0.29) is 0 Å². The van der Waals surface area contributed by atoms with Crippen molar-refractivity contribution in [1.82, 2.24) is 4.98 Å². The average molecular weight is 269 g/mol. The summed E-state index contributed by atoms with van der Waals surface area (Å²) in [5.74, 6) is 0. The van der Waals surface area contributed by atoms with Gasteiger partial charge in [0.2, 0.25) is 5.52 Å². The Hall–Kier alpha value is -2.87.